The molecule has 1 amide bonds. The molecule has 0 unspecified atom stereocenters. The number of pyridine rings is 1. The number of nitrogens with zero attached hydrogens (tertiary/aromatic N) is 2. The highest BCUT2D eigenvalue weighted by Gasteiger charge is 2.25. The molecule has 6 heteroatoms. The van der Waals surface area contributed by atoms with E-state index in [0.717, 1.165) is 30.9 Å². The summed E-state index contributed by atoms with van der Waals surface area (Å²) < 4.78 is 11.1. The van der Waals surface area contributed by atoms with E-state index in [1.165, 1.54) is 6.20 Å². The molecule has 1 aromatic carbocycles. The molecule has 3 rings (SSSR count). The van der Waals surface area contributed by atoms with Gasteiger partial charge in [-0.2, -0.15) is 0 Å². The Morgan fingerprint density at radius 3 is 2.92 bits per heavy atom. The Morgan fingerprint density at radius 2 is 2.16 bits per heavy atom. The highest BCUT2D eigenvalue weighted by Crippen LogP contribution is 2.23. The van der Waals surface area contributed by atoms with Crippen molar-refractivity contribution < 1.29 is 14.3 Å². The van der Waals surface area contributed by atoms with Crippen LogP contribution in [0.25, 0.3) is 0 Å². The predicted octanol–water partition coefficient (Wildman–Crippen LogP) is 2.60. The van der Waals surface area contributed by atoms with Crippen LogP contribution in [0.5, 0.6) is 11.5 Å². The summed E-state index contributed by atoms with van der Waals surface area (Å²) in [4.78, 5) is 18.5. The number of anilines is 1. The molecular formula is C19H23N3O3. The number of likely N-dealkylation sites (tertiary alicyclic amines) is 1. The largest absolute Gasteiger partial charge is 0.497 e. The maximum atomic E-state index is 12.6. The second-order valence-electron chi connectivity index (χ2n) is 6.22. The van der Waals surface area contributed by atoms with Crippen molar-refractivity contribution in [2.24, 2.45) is 5.92 Å². The quantitative estimate of drug-likeness (QED) is 0.904. The van der Waals surface area contributed by atoms with Crippen LogP contribution in [0.1, 0.15) is 23.2 Å². The Kier molecular flexibility index (Phi) is 5.38. The number of hydrogen-bond donors (Lipinski definition) is 1. The van der Waals surface area contributed by atoms with E-state index in [1.54, 1.807) is 19.2 Å². The van der Waals surface area contributed by atoms with E-state index >= 15 is 0 Å². The van der Waals surface area contributed by atoms with Crippen molar-refractivity contribution in [3.05, 3.63) is 48.2 Å². The average molecular weight is 341 g/mol. The van der Waals surface area contributed by atoms with E-state index in [4.69, 9.17) is 15.2 Å². The van der Waals surface area contributed by atoms with Crippen LogP contribution >= 0.6 is 0 Å². The molecule has 1 aliphatic heterocycles. The van der Waals surface area contributed by atoms with E-state index in [-0.39, 0.29) is 5.91 Å². The molecule has 0 radical (unpaired) electrons. The number of nitrogens with two attached hydrogens (primary N) is 1. The first-order valence-corrected chi connectivity index (χ1v) is 8.43. The van der Waals surface area contributed by atoms with Gasteiger partial charge in [0.1, 0.15) is 17.3 Å². The lowest BCUT2D eigenvalue weighted by Crippen LogP contribution is -2.41. The van der Waals surface area contributed by atoms with Gasteiger partial charge >= 0.3 is 0 Å². The van der Waals surface area contributed by atoms with Crippen molar-refractivity contribution in [1.82, 2.24) is 9.88 Å². The zero-order valence-corrected chi connectivity index (χ0v) is 14.4. The highest BCUT2D eigenvalue weighted by atomic mass is 16.5. The second-order valence-corrected chi connectivity index (χ2v) is 6.22. The Morgan fingerprint density at radius 1 is 1.32 bits per heavy atom. The van der Waals surface area contributed by atoms with Crippen LogP contribution in [0, 0.1) is 5.92 Å². The Labute approximate surface area is 147 Å². The normalized spacial score (nSPS) is 17.2. The third-order valence-electron chi connectivity index (χ3n) is 4.37. The van der Waals surface area contributed by atoms with E-state index in [0.29, 0.717) is 30.5 Å². The van der Waals surface area contributed by atoms with E-state index in [1.807, 2.05) is 29.2 Å². The fraction of sp³-hybridized carbons (Fsp3) is 0.368. The van der Waals surface area contributed by atoms with Gasteiger partial charge in [0, 0.05) is 31.3 Å². The summed E-state index contributed by atoms with van der Waals surface area (Å²) in [7, 11) is 1.63. The molecule has 1 fully saturated rings. The zero-order chi connectivity index (χ0) is 17.6. The molecule has 2 aromatic rings. The standard InChI is InChI=1S/C19H23N3O3/c1-24-16-5-2-6-17(10-16)25-13-14-4-3-9-22(12-14)19(23)15-7-8-18(20)21-11-15/h2,5-8,10-11,14H,3-4,9,12-13H2,1H3,(H2,20,21)/t14-/m0/s1. The number of carbonyl (C=O) groups is 1. The summed E-state index contributed by atoms with van der Waals surface area (Å²) in [6.07, 6.45) is 3.56. The van der Waals surface area contributed by atoms with Gasteiger partial charge in [0.2, 0.25) is 0 Å². The smallest absolute Gasteiger partial charge is 0.255 e. The zero-order valence-electron chi connectivity index (χ0n) is 14.4. The van der Waals surface area contributed by atoms with Crippen LogP contribution < -0.4 is 15.2 Å². The molecule has 0 bridgehead atoms. The lowest BCUT2D eigenvalue weighted by atomic mass is 9.98. The first-order chi connectivity index (χ1) is 12.2. The SMILES string of the molecule is COc1cccc(OC[C@H]2CCCN(C(=O)c3ccc(N)nc3)C2)c1. The van der Waals surface area contributed by atoms with Crippen molar-refractivity contribution in [3.63, 3.8) is 0 Å². The summed E-state index contributed by atoms with van der Waals surface area (Å²) in [5, 5.41) is 0. The van der Waals surface area contributed by atoms with Gasteiger partial charge in [0.05, 0.1) is 19.3 Å². The molecule has 1 atom stereocenters. The molecule has 1 saturated heterocycles. The van der Waals surface area contributed by atoms with E-state index in [2.05, 4.69) is 4.98 Å². The number of ether oxygens (including phenoxy) is 2. The fourth-order valence-electron chi connectivity index (χ4n) is 3.01. The van der Waals surface area contributed by atoms with Crippen molar-refractivity contribution in [2.75, 3.05) is 32.5 Å². The third kappa shape index (κ3) is 4.41. The van der Waals surface area contributed by atoms with Crippen LogP contribution in [-0.4, -0.2) is 42.6 Å². The van der Waals surface area contributed by atoms with Gasteiger partial charge in [-0.25, -0.2) is 4.98 Å². The van der Waals surface area contributed by atoms with Crippen molar-refractivity contribution in [1.29, 1.82) is 0 Å². The van der Waals surface area contributed by atoms with Gasteiger partial charge in [-0.1, -0.05) is 6.07 Å². The monoisotopic (exact) mass is 341 g/mol. The lowest BCUT2D eigenvalue weighted by Gasteiger charge is -2.32. The van der Waals surface area contributed by atoms with Crippen molar-refractivity contribution in [3.8, 4) is 11.5 Å². The first kappa shape index (κ1) is 17.1. The minimum Gasteiger partial charge on any atom is -0.497 e. The summed E-state index contributed by atoms with van der Waals surface area (Å²) >= 11 is 0. The highest BCUT2D eigenvalue weighted by molar-refractivity contribution is 5.94. The summed E-state index contributed by atoms with van der Waals surface area (Å²) in [5.74, 6) is 2.28. The molecular weight excluding hydrogens is 318 g/mol. The Hall–Kier alpha value is -2.76. The van der Waals surface area contributed by atoms with Crippen molar-refractivity contribution in [2.45, 2.75) is 12.8 Å². The molecule has 1 aromatic heterocycles. The van der Waals surface area contributed by atoms with Gasteiger partial charge in [0.25, 0.3) is 5.91 Å². The minimum absolute atomic E-state index is 0.00131. The van der Waals surface area contributed by atoms with Crippen LogP contribution in [0.3, 0.4) is 0 Å². The number of rotatable bonds is 5. The van der Waals surface area contributed by atoms with Crippen LogP contribution in [0.2, 0.25) is 0 Å². The minimum atomic E-state index is -0.00131. The maximum Gasteiger partial charge on any atom is 0.255 e. The topological polar surface area (TPSA) is 77.7 Å². The van der Waals surface area contributed by atoms with Gasteiger partial charge in [-0.15, -0.1) is 0 Å². The summed E-state index contributed by atoms with van der Waals surface area (Å²) in [6.45, 7) is 2.03. The molecule has 2 N–H and O–H groups in total. The number of aromatic nitrogens is 1. The number of piperidine rings is 1. The molecule has 0 aliphatic carbocycles. The number of amides is 1. The van der Waals surface area contributed by atoms with Gasteiger partial charge in [-0.05, 0) is 37.1 Å². The third-order valence-corrected chi connectivity index (χ3v) is 4.37. The molecule has 1 aliphatic rings. The number of carbonyl (C=O) groups excluding carboxylic acids is 1. The van der Waals surface area contributed by atoms with Gasteiger partial charge in [0.15, 0.2) is 0 Å². The first-order valence-electron chi connectivity index (χ1n) is 8.43. The molecule has 6 nitrogen and oxygen atoms in total. The molecule has 0 spiro atoms. The Balaban J connectivity index is 1.57. The predicted molar refractivity (Wildman–Crippen MR) is 95.8 cm³/mol. The van der Waals surface area contributed by atoms with Gasteiger partial charge < -0.3 is 20.1 Å². The second kappa shape index (κ2) is 7.88. The summed E-state index contributed by atoms with van der Waals surface area (Å²) in [6, 6.07) is 10.9. The molecule has 132 valence electrons. The molecule has 25 heavy (non-hydrogen) atoms. The van der Waals surface area contributed by atoms with E-state index in [9.17, 15) is 4.79 Å². The number of hydrogen-bond acceptors (Lipinski definition) is 5. The maximum absolute atomic E-state index is 12.6. The lowest BCUT2D eigenvalue weighted by molar-refractivity contribution is 0.0633. The Bertz CT molecular complexity index is 718. The number of methoxy groups -OCH3 is 1. The number of benzene rings is 1. The number of nitrogen functional groups attached to an aromatic ring is 1. The molecule has 0 saturated carbocycles. The fourth-order valence-corrected chi connectivity index (χ4v) is 3.01. The van der Waals surface area contributed by atoms with Crippen LogP contribution in [0.15, 0.2) is 42.6 Å². The van der Waals surface area contributed by atoms with Crippen LogP contribution in [0.4, 0.5) is 5.82 Å². The van der Waals surface area contributed by atoms with E-state index < -0.39 is 0 Å². The average Bonchev–Trinajstić information content (AvgIpc) is 2.67. The van der Waals surface area contributed by atoms with Crippen LogP contribution in [-0.2, 0) is 0 Å². The summed E-state index contributed by atoms with van der Waals surface area (Å²) in [5.41, 5.74) is 6.15. The van der Waals surface area contributed by atoms with Crippen molar-refractivity contribution >= 4 is 11.7 Å². The van der Waals surface area contributed by atoms with Gasteiger partial charge in [-0.3, -0.25) is 4.79 Å². The molecule has 2 heterocycles.